The highest BCUT2D eigenvalue weighted by atomic mass is 19.1. The van der Waals surface area contributed by atoms with E-state index in [2.05, 4.69) is 12.2 Å². The Bertz CT molecular complexity index is 1070. The van der Waals surface area contributed by atoms with Gasteiger partial charge in [0.05, 0.1) is 11.0 Å². The van der Waals surface area contributed by atoms with E-state index in [9.17, 15) is 13.6 Å². The molecule has 1 aliphatic heterocycles. The molecule has 148 valence electrons. The molecule has 4 rings (SSSR count). The molecule has 0 spiro atoms. The van der Waals surface area contributed by atoms with Gasteiger partial charge >= 0.3 is 5.69 Å². The van der Waals surface area contributed by atoms with Crippen LogP contribution in [0.4, 0.5) is 25.8 Å². The van der Waals surface area contributed by atoms with Crippen LogP contribution in [0.25, 0.3) is 11.0 Å². The van der Waals surface area contributed by atoms with Crippen LogP contribution in [-0.2, 0) is 14.1 Å². The Morgan fingerprint density at radius 1 is 0.929 bits per heavy atom. The molecule has 7 heteroatoms. The second kappa shape index (κ2) is 6.96. The molecule has 3 aromatic rings. The number of anilines is 3. The molecule has 1 aliphatic rings. The summed E-state index contributed by atoms with van der Waals surface area (Å²) in [4.78, 5) is 13.8. The van der Waals surface area contributed by atoms with Gasteiger partial charge in [-0.2, -0.15) is 0 Å². The van der Waals surface area contributed by atoms with Gasteiger partial charge in [0, 0.05) is 38.6 Å². The van der Waals surface area contributed by atoms with E-state index < -0.39 is 11.6 Å². The van der Waals surface area contributed by atoms with Crippen molar-refractivity contribution in [3.63, 3.8) is 0 Å². The molecule has 2 heterocycles. The molecule has 1 fully saturated rings. The Balaban J connectivity index is 1.63. The van der Waals surface area contributed by atoms with Crippen molar-refractivity contribution in [2.24, 2.45) is 20.0 Å². The smallest absolute Gasteiger partial charge is 0.328 e. The van der Waals surface area contributed by atoms with Crippen molar-refractivity contribution in [1.82, 2.24) is 9.13 Å². The first-order valence-electron chi connectivity index (χ1n) is 9.51. The fraction of sp³-hybridized carbons (Fsp3) is 0.381. The van der Waals surface area contributed by atoms with Crippen molar-refractivity contribution in [2.45, 2.75) is 19.8 Å². The van der Waals surface area contributed by atoms with Gasteiger partial charge in [-0.3, -0.25) is 9.13 Å². The fourth-order valence-electron chi connectivity index (χ4n) is 3.92. The normalized spacial score (nSPS) is 15.4. The van der Waals surface area contributed by atoms with E-state index in [-0.39, 0.29) is 11.4 Å². The minimum atomic E-state index is -0.565. The topological polar surface area (TPSA) is 42.2 Å². The molecule has 0 aliphatic carbocycles. The van der Waals surface area contributed by atoms with Crippen molar-refractivity contribution in [1.29, 1.82) is 0 Å². The molecule has 0 unspecified atom stereocenters. The van der Waals surface area contributed by atoms with E-state index in [0.29, 0.717) is 30.4 Å². The molecule has 2 aromatic carbocycles. The predicted octanol–water partition coefficient (Wildman–Crippen LogP) is 4.14. The first-order valence-corrected chi connectivity index (χ1v) is 9.51. The zero-order chi connectivity index (χ0) is 20.0. The summed E-state index contributed by atoms with van der Waals surface area (Å²) in [6.45, 7) is 3.50. The van der Waals surface area contributed by atoms with Crippen LogP contribution in [-0.4, -0.2) is 22.2 Å². The highest BCUT2D eigenvalue weighted by Gasteiger charge is 2.22. The summed E-state index contributed by atoms with van der Waals surface area (Å²) in [5.41, 5.74) is 2.47. The molecule has 1 N–H and O–H groups in total. The zero-order valence-corrected chi connectivity index (χ0v) is 16.3. The maximum atomic E-state index is 14.7. The summed E-state index contributed by atoms with van der Waals surface area (Å²) in [5.74, 6) is -0.539. The lowest BCUT2D eigenvalue weighted by molar-refractivity contribution is 0.429. The summed E-state index contributed by atoms with van der Waals surface area (Å²) < 4.78 is 32.5. The molecular formula is C21H24F2N4O. The number of rotatable bonds is 3. The standard InChI is InChI=1S/C21H24F2N4O/c1-13-6-8-27(9-7-13)20-16(22)10-15(11-17(20)23)24-14-4-5-18-19(12-14)26(3)21(28)25(18)2/h4-5,10-13,24H,6-9H2,1-3H3. The quantitative estimate of drug-likeness (QED) is 0.736. The highest BCUT2D eigenvalue weighted by molar-refractivity contribution is 5.81. The molecule has 0 amide bonds. The minimum absolute atomic E-state index is 0.0540. The Morgan fingerprint density at radius 2 is 1.54 bits per heavy atom. The third-order valence-corrected chi connectivity index (χ3v) is 5.68. The van der Waals surface area contributed by atoms with Gasteiger partial charge in [0.15, 0.2) is 11.6 Å². The lowest BCUT2D eigenvalue weighted by Crippen LogP contribution is -2.34. The van der Waals surface area contributed by atoms with Crippen LogP contribution >= 0.6 is 0 Å². The van der Waals surface area contributed by atoms with Crippen molar-refractivity contribution in [3.8, 4) is 0 Å². The second-order valence-electron chi connectivity index (χ2n) is 7.69. The number of hydrogen-bond acceptors (Lipinski definition) is 3. The summed E-state index contributed by atoms with van der Waals surface area (Å²) in [6, 6.07) is 8.05. The molecule has 0 bridgehead atoms. The van der Waals surface area contributed by atoms with Crippen LogP contribution in [0.5, 0.6) is 0 Å². The summed E-state index contributed by atoms with van der Waals surface area (Å²) in [6.07, 6.45) is 1.88. The maximum absolute atomic E-state index is 14.7. The van der Waals surface area contributed by atoms with Crippen LogP contribution in [0.3, 0.4) is 0 Å². The Kier molecular flexibility index (Phi) is 4.61. The first kappa shape index (κ1) is 18.5. The van der Waals surface area contributed by atoms with E-state index in [1.807, 2.05) is 6.07 Å². The number of halogens is 2. The van der Waals surface area contributed by atoms with Crippen molar-refractivity contribution in [2.75, 3.05) is 23.3 Å². The van der Waals surface area contributed by atoms with Crippen LogP contribution in [0, 0.1) is 17.6 Å². The van der Waals surface area contributed by atoms with Crippen LogP contribution in [0.15, 0.2) is 35.1 Å². The Labute approximate surface area is 162 Å². The van der Waals surface area contributed by atoms with Crippen LogP contribution in [0.1, 0.15) is 19.8 Å². The largest absolute Gasteiger partial charge is 0.367 e. The number of imidazole rings is 1. The van der Waals surface area contributed by atoms with Crippen LogP contribution < -0.4 is 15.9 Å². The molecular weight excluding hydrogens is 362 g/mol. The van der Waals surface area contributed by atoms with Crippen molar-refractivity contribution in [3.05, 3.63) is 52.5 Å². The third kappa shape index (κ3) is 3.15. The predicted molar refractivity (Wildman–Crippen MR) is 108 cm³/mol. The van der Waals surface area contributed by atoms with Gasteiger partial charge in [-0.15, -0.1) is 0 Å². The molecule has 0 atom stereocenters. The summed E-state index contributed by atoms with van der Waals surface area (Å²) in [7, 11) is 3.41. The maximum Gasteiger partial charge on any atom is 0.328 e. The zero-order valence-electron chi connectivity index (χ0n) is 16.3. The van der Waals surface area contributed by atoms with E-state index >= 15 is 0 Å². The SMILES string of the molecule is CC1CCN(c2c(F)cc(Nc3ccc4c(c3)n(C)c(=O)n4C)cc2F)CC1. The van der Waals surface area contributed by atoms with E-state index in [1.165, 1.54) is 12.1 Å². The number of aryl methyl sites for hydroxylation is 2. The van der Waals surface area contributed by atoms with Gasteiger partial charge in [0.25, 0.3) is 0 Å². The van der Waals surface area contributed by atoms with Gasteiger partial charge < -0.3 is 10.2 Å². The number of benzene rings is 2. The summed E-state index contributed by atoms with van der Waals surface area (Å²) >= 11 is 0. The van der Waals surface area contributed by atoms with Crippen molar-refractivity contribution < 1.29 is 8.78 Å². The molecule has 1 aromatic heterocycles. The van der Waals surface area contributed by atoms with E-state index in [4.69, 9.17) is 0 Å². The van der Waals surface area contributed by atoms with E-state index in [1.54, 1.807) is 40.3 Å². The lowest BCUT2D eigenvalue weighted by Gasteiger charge is -2.32. The first-order chi connectivity index (χ1) is 13.3. The minimum Gasteiger partial charge on any atom is -0.367 e. The third-order valence-electron chi connectivity index (χ3n) is 5.68. The highest BCUT2D eigenvalue weighted by Crippen LogP contribution is 2.32. The van der Waals surface area contributed by atoms with Gasteiger partial charge in [-0.1, -0.05) is 6.92 Å². The van der Waals surface area contributed by atoms with Gasteiger partial charge in [-0.25, -0.2) is 13.6 Å². The number of fused-ring (bicyclic) bond motifs is 1. The fourth-order valence-corrected chi connectivity index (χ4v) is 3.92. The Hall–Kier alpha value is -2.83. The number of hydrogen-bond donors (Lipinski definition) is 1. The average molecular weight is 386 g/mol. The molecule has 5 nitrogen and oxygen atoms in total. The summed E-state index contributed by atoms with van der Waals surface area (Å²) in [5, 5.41) is 3.05. The number of aromatic nitrogens is 2. The van der Waals surface area contributed by atoms with Gasteiger partial charge in [-0.05, 0) is 49.1 Å². The molecule has 0 radical (unpaired) electrons. The van der Waals surface area contributed by atoms with Crippen LogP contribution in [0.2, 0.25) is 0 Å². The molecule has 0 saturated carbocycles. The lowest BCUT2D eigenvalue weighted by atomic mass is 9.98. The molecule has 28 heavy (non-hydrogen) atoms. The number of nitrogens with zero attached hydrogens (tertiary/aromatic N) is 3. The Morgan fingerprint density at radius 3 is 2.18 bits per heavy atom. The average Bonchev–Trinajstić information content (AvgIpc) is 2.87. The molecule has 1 saturated heterocycles. The number of piperidine rings is 1. The number of nitrogens with one attached hydrogen (secondary N) is 1. The monoisotopic (exact) mass is 386 g/mol. The van der Waals surface area contributed by atoms with Gasteiger partial charge in [0.1, 0.15) is 5.69 Å². The van der Waals surface area contributed by atoms with Gasteiger partial charge in [0.2, 0.25) is 0 Å². The second-order valence-corrected chi connectivity index (χ2v) is 7.69. The van der Waals surface area contributed by atoms with Crippen molar-refractivity contribution >= 4 is 28.1 Å². The van der Waals surface area contributed by atoms with E-state index in [0.717, 1.165) is 23.9 Å².